The molecule has 0 bridgehead atoms. The third kappa shape index (κ3) is 4.53. The molecule has 4 rings (SSSR count). The number of rotatable bonds is 5. The molecule has 1 saturated heterocycles. The van der Waals surface area contributed by atoms with Crippen LogP contribution < -0.4 is 5.73 Å². The molecule has 2 aromatic carbocycles. The maximum Gasteiger partial charge on any atom is 0.256 e. The van der Waals surface area contributed by atoms with Gasteiger partial charge in [0.25, 0.3) is 5.88 Å². The van der Waals surface area contributed by atoms with Crippen molar-refractivity contribution in [1.82, 2.24) is 10.1 Å². The Balaban J connectivity index is 1.43. The maximum atomic E-state index is 14.6. The molecule has 0 amide bonds. The maximum absolute atomic E-state index is 14.6. The minimum Gasteiger partial charge on any atom is -0.369 e. The van der Waals surface area contributed by atoms with E-state index < -0.39 is 0 Å². The second-order valence-electron chi connectivity index (χ2n) is 7.76. The largest absolute Gasteiger partial charge is 0.369 e. The van der Waals surface area contributed by atoms with Crippen molar-refractivity contribution in [3.8, 4) is 11.1 Å². The molecule has 1 aliphatic rings. The van der Waals surface area contributed by atoms with Crippen LogP contribution in [0.3, 0.4) is 0 Å². The number of aliphatic imine (C=N–C) groups is 1. The van der Waals surface area contributed by atoms with Gasteiger partial charge in [0.15, 0.2) is 5.96 Å². The zero-order valence-electron chi connectivity index (χ0n) is 17.3. The number of aromatic nitrogens is 1. The summed E-state index contributed by atoms with van der Waals surface area (Å²) in [4.78, 5) is 6.53. The topological polar surface area (TPSA) is 67.6 Å². The van der Waals surface area contributed by atoms with Gasteiger partial charge in [0.2, 0.25) is 0 Å². The highest BCUT2D eigenvalue weighted by Gasteiger charge is 2.16. The number of hydrogen-bond acceptors (Lipinski definition) is 3. The van der Waals surface area contributed by atoms with Crippen molar-refractivity contribution in [2.45, 2.75) is 39.0 Å². The van der Waals surface area contributed by atoms with E-state index in [9.17, 15) is 4.39 Å². The summed E-state index contributed by atoms with van der Waals surface area (Å²) in [5.74, 6) is 0.730. The Morgan fingerprint density at radius 2 is 1.87 bits per heavy atom. The van der Waals surface area contributed by atoms with Crippen LogP contribution >= 0.6 is 0 Å². The molecule has 0 spiro atoms. The van der Waals surface area contributed by atoms with Crippen molar-refractivity contribution in [3.05, 3.63) is 71.2 Å². The zero-order valence-corrected chi connectivity index (χ0v) is 17.3. The lowest BCUT2D eigenvalue weighted by atomic mass is 10.0. The molecule has 6 heteroatoms. The van der Waals surface area contributed by atoms with Crippen LogP contribution in [0.2, 0.25) is 0 Å². The number of likely N-dealkylation sites (tertiary alicyclic amines) is 1. The average Bonchev–Trinajstić information content (AvgIpc) is 3.12. The summed E-state index contributed by atoms with van der Waals surface area (Å²) in [5.41, 5.74) is 10.3. The van der Waals surface area contributed by atoms with Crippen LogP contribution in [0.4, 0.5) is 10.3 Å². The van der Waals surface area contributed by atoms with Gasteiger partial charge >= 0.3 is 0 Å². The standard InChI is InChI=1S/C24H27FN4O/c1-17-22(28-30-23(17)27-24(26)29-14-6-3-7-15-29)13-11-18-10-12-20(21(25)16-18)19-8-4-2-5-9-19/h2,4-5,8-10,12,16H,3,6-7,11,13-15H2,1H3,(H2,26,27). The lowest BCUT2D eigenvalue weighted by Crippen LogP contribution is -2.40. The van der Waals surface area contributed by atoms with E-state index in [4.69, 9.17) is 10.3 Å². The van der Waals surface area contributed by atoms with Gasteiger partial charge in [-0.1, -0.05) is 47.6 Å². The second kappa shape index (κ2) is 9.11. The van der Waals surface area contributed by atoms with E-state index in [-0.39, 0.29) is 5.82 Å². The highest BCUT2D eigenvalue weighted by atomic mass is 19.1. The molecular formula is C24H27FN4O. The van der Waals surface area contributed by atoms with Gasteiger partial charge in [-0.25, -0.2) is 4.39 Å². The molecule has 156 valence electrons. The Hall–Kier alpha value is -3.15. The van der Waals surface area contributed by atoms with E-state index >= 15 is 0 Å². The number of piperidine rings is 1. The highest BCUT2D eigenvalue weighted by molar-refractivity contribution is 5.80. The van der Waals surface area contributed by atoms with Crippen molar-refractivity contribution < 1.29 is 8.91 Å². The molecule has 3 aromatic rings. The molecule has 5 nitrogen and oxygen atoms in total. The SMILES string of the molecule is Cc1c(CCc2ccc(-c3ccccc3)c(F)c2)noc1N=C(N)N1CCCCC1. The summed E-state index contributed by atoms with van der Waals surface area (Å²) in [7, 11) is 0. The molecule has 1 aliphatic heterocycles. The molecule has 1 fully saturated rings. The molecule has 0 atom stereocenters. The molecule has 0 aliphatic carbocycles. The van der Waals surface area contributed by atoms with Crippen molar-refractivity contribution in [3.63, 3.8) is 0 Å². The number of nitrogens with zero attached hydrogens (tertiary/aromatic N) is 3. The number of aryl methyl sites for hydroxylation is 2. The Labute approximate surface area is 176 Å². The van der Waals surface area contributed by atoms with Gasteiger partial charge in [-0.2, -0.15) is 4.99 Å². The van der Waals surface area contributed by atoms with Crippen LogP contribution in [-0.4, -0.2) is 29.1 Å². The van der Waals surface area contributed by atoms with Crippen molar-refractivity contribution in [1.29, 1.82) is 0 Å². The molecular weight excluding hydrogens is 379 g/mol. The van der Waals surface area contributed by atoms with Crippen LogP contribution in [-0.2, 0) is 12.8 Å². The number of nitrogens with two attached hydrogens (primary N) is 1. The van der Waals surface area contributed by atoms with Gasteiger partial charge < -0.3 is 15.2 Å². The lowest BCUT2D eigenvalue weighted by Gasteiger charge is -2.27. The zero-order chi connectivity index (χ0) is 20.9. The third-order valence-corrected chi connectivity index (χ3v) is 5.66. The first-order valence-corrected chi connectivity index (χ1v) is 10.5. The van der Waals surface area contributed by atoms with Crippen molar-refractivity contribution >= 4 is 11.8 Å². The van der Waals surface area contributed by atoms with E-state index in [2.05, 4.69) is 15.0 Å². The van der Waals surface area contributed by atoms with E-state index in [0.717, 1.165) is 48.3 Å². The molecule has 0 saturated carbocycles. The number of halogens is 1. The predicted molar refractivity (Wildman–Crippen MR) is 117 cm³/mol. The average molecular weight is 407 g/mol. The first-order valence-electron chi connectivity index (χ1n) is 10.5. The van der Waals surface area contributed by atoms with Gasteiger partial charge in [-0.15, -0.1) is 0 Å². The minimum absolute atomic E-state index is 0.213. The minimum atomic E-state index is -0.213. The Morgan fingerprint density at radius 3 is 2.60 bits per heavy atom. The number of guanidine groups is 1. The fourth-order valence-electron chi connectivity index (χ4n) is 3.82. The molecule has 0 unspecified atom stereocenters. The van der Waals surface area contributed by atoms with E-state index in [1.807, 2.05) is 49.4 Å². The lowest BCUT2D eigenvalue weighted by molar-refractivity contribution is 0.337. The van der Waals surface area contributed by atoms with Crippen LogP contribution in [0.25, 0.3) is 11.1 Å². The fraction of sp³-hybridized carbons (Fsp3) is 0.333. The van der Waals surface area contributed by atoms with Gasteiger partial charge in [0.05, 0.1) is 5.69 Å². The van der Waals surface area contributed by atoms with Crippen LogP contribution in [0.5, 0.6) is 0 Å². The van der Waals surface area contributed by atoms with Crippen LogP contribution in [0.1, 0.15) is 36.1 Å². The quantitative estimate of drug-likeness (QED) is 0.478. The smallest absolute Gasteiger partial charge is 0.256 e. The Morgan fingerprint density at radius 1 is 1.10 bits per heavy atom. The van der Waals surface area contributed by atoms with Crippen LogP contribution in [0, 0.1) is 12.7 Å². The molecule has 2 N–H and O–H groups in total. The van der Waals surface area contributed by atoms with Gasteiger partial charge in [-0.3, -0.25) is 0 Å². The molecule has 2 heterocycles. The summed E-state index contributed by atoms with van der Waals surface area (Å²) in [6.45, 7) is 3.80. The van der Waals surface area contributed by atoms with Gasteiger partial charge in [0.1, 0.15) is 5.82 Å². The van der Waals surface area contributed by atoms with Gasteiger partial charge in [-0.05, 0) is 56.2 Å². The predicted octanol–water partition coefficient (Wildman–Crippen LogP) is 5.01. The third-order valence-electron chi connectivity index (χ3n) is 5.66. The summed E-state index contributed by atoms with van der Waals surface area (Å²) in [6, 6.07) is 15.0. The van der Waals surface area contributed by atoms with Crippen molar-refractivity contribution in [2.75, 3.05) is 13.1 Å². The van der Waals surface area contributed by atoms with E-state index in [1.54, 1.807) is 6.07 Å². The van der Waals surface area contributed by atoms with Gasteiger partial charge in [0, 0.05) is 24.2 Å². The Bertz CT molecular complexity index is 1020. The number of benzene rings is 2. The first kappa shape index (κ1) is 20.1. The summed E-state index contributed by atoms with van der Waals surface area (Å²) >= 11 is 0. The van der Waals surface area contributed by atoms with E-state index in [0.29, 0.717) is 30.2 Å². The molecule has 30 heavy (non-hydrogen) atoms. The summed E-state index contributed by atoms with van der Waals surface area (Å²) in [6.07, 6.45) is 4.83. The normalized spacial score (nSPS) is 14.9. The highest BCUT2D eigenvalue weighted by Crippen LogP contribution is 2.26. The fourth-order valence-corrected chi connectivity index (χ4v) is 3.82. The van der Waals surface area contributed by atoms with E-state index in [1.165, 1.54) is 6.42 Å². The monoisotopic (exact) mass is 406 g/mol. The number of hydrogen-bond donors (Lipinski definition) is 1. The van der Waals surface area contributed by atoms with Crippen molar-refractivity contribution in [2.24, 2.45) is 10.7 Å². The summed E-state index contributed by atoms with van der Waals surface area (Å²) < 4.78 is 20.0. The molecule has 0 radical (unpaired) electrons. The first-order chi connectivity index (χ1) is 14.6. The Kier molecular flexibility index (Phi) is 6.12. The molecule has 1 aromatic heterocycles. The van der Waals surface area contributed by atoms with Crippen LogP contribution in [0.15, 0.2) is 58.0 Å². The summed E-state index contributed by atoms with van der Waals surface area (Å²) in [5, 5.41) is 4.17. The second-order valence-corrected chi connectivity index (χ2v) is 7.76.